The highest BCUT2D eigenvalue weighted by molar-refractivity contribution is 7.98. The molecule has 1 unspecified atom stereocenters. The molecule has 1 saturated heterocycles. The standard InChI is InChI=1S/C14H31N3O2S2/c1-5-14(11-20-4)16-21(18,19)17-8-6-13(7-9-17)10-15-12(2)3/h12-16H,5-11H2,1-4H3. The molecule has 7 heteroatoms. The number of hydrogen-bond donors (Lipinski definition) is 2. The summed E-state index contributed by atoms with van der Waals surface area (Å²) in [5.74, 6) is 1.41. The molecule has 0 bridgehead atoms. The van der Waals surface area contributed by atoms with E-state index in [4.69, 9.17) is 0 Å². The Morgan fingerprint density at radius 3 is 2.38 bits per heavy atom. The van der Waals surface area contributed by atoms with Gasteiger partial charge in [-0.1, -0.05) is 20.8 Å². The van der Waals surface area contributed by atoms with Gasteiger partial charge in [-0.15, -0.1) is 0 Å². The van der Waals surface area contributed by atoms with Crippen LogP contribution in [0.5, 0.6) is 0 Å². The zero-order valence-electron chi connectivity index (χ0n) is 13.8. The molecule has 5 nitrogen and oxygen atoms in total. The molecular weight excluding hydrogens is 306 g/mol. The van der Waals surface area contributed by atoms with Gasteiger partial charge in [0.2, 0.25) is 0 Å². The molecule has 0 aromatic heterocycles. The first-order valence-electron chi connectivity index (χ1n) is 7.88. The third-order valence-corrected chi connectivity index (χ3v) is 6.32. The van der Waals surface area contributed by atoms with E-state index in [-0.39, 0.29) is 6.04 Å². The number of nitrogens with zero attached hydrogens (tertiary/aromatic N) is 1. The zero-order chi connectivity index (χ0) is 15.9. The molecule has 0 saturated carbocycles. The quantitative estimate of drug-likeness (QED) is 0.672. The summed E-state index contributed by atoms with van der Waals surface area (Å²) in [6, 6.07) is 0.524. The Balaban J connectivity index is 2.44. The zero-order valence-corrected chi connectivity index (χ0v) is 15.4. The van der Waals surface area contributed by atoms with Gasteiger partial charge in [-0.3, -0.25) is 0 Å². The average Bonchev–Trinajstić information content (AvgIpc) is 2.45. The van der Waals surface area contributed by atoms with Crippen LogP contribution in [-0.2, 0) is 10.2 Å². The first-order valence-corrected chi connectivity index (χ1v) is 10.7. The van der Waals surface area contributed by atoms with Crippen molar-refractivity contribution < 1.29 is 8.42 Å². The molecule has 1 aliphatic rings. The Hall–Kier alpha value is 0.180. The maximum absolute atomic E-state index is 12.4. The highest BCUT2D eigenvalue weighted by Crippen LogP contribution is 2.19. The van der Waals surface area contributed by atoms with Gasteiger partial charge < -0.3 is 5.32 Å². The minimum Gasteiger partial charge on any atom is -0.314 e. The normalized spacial score (nSPS) is 20.0. The average molecular weight is 338 g/mol. The molecule has 1 fully saturated rings. The van der Waals surface area contributed by atoms with E-state index >= 15 is 0 Å². The van der Waals surface area contributed by atoms with Crippen molar-refractivity contribution >= 4 is 22.0 Å². The fourth-order valence-electron chi connectivity index (χ4n) is 2.48. The van der Waals surface area contributed by atoms with E-state index in [2.05, 4.69) is 23.9 Å². The van der Waals surface area contributed by atoms with Crippen LogP contribution in [0.3, 0.4) is 0 Å². The molecule has 1 heterocycles. The molecule has 0 radical (unpaired) electrons. The summed E-state index contributed by atoms with van der Waals surface area (Å²) in [5.41, 5.74) is 0. The fraction of sp³-hybridized carbons (Fsp3) is 1.00. The van der Waals surface area contributed by atoms with Gasteiger partial charge in [0.25, 0.3) is 10.2 Å². The van der Waals surface area contributed by atoms with E-state index in [0.717, 1.165) is 31.6 Å². The predicted molar refractivity (Wildman–Crippen MR) is 92.0 cm³/mol. The molecular formula is C14H31N3O2S2. The van der Waals surface area contributed by atoms with Crippen LogP contribution < -0.4 is 10.0 Å². The fourth-order valence-corrected chi connectivity index (χ4v) is 4.82. The first-order chi connectivity index (χ1) is 9.89. The van der Waals surface area contributed by atoms with Gasteiger partial charge >= 0.3 is 0 Å². The van der Waals surface area contributed by atoms with Gasteiger partial charge in [0, 0.05) is 30.9 Å². The van der Waals surface area contributed by atoms with Crippen molar-refractivity contribution in [1.29, 1.82) is 0 Å². The second kappa shape index (κ2) is 9.35. The molecule has 0 aliphatic carbocycles. The molecule has 2 N–H and O–H groups in total. The molecule has 0 aromatic rings. The monoisotopic (exact) mass is 337 g/mol. The molecule has 0 spiro atoms. The van der Waals surface area contributed by atoms with E-state index in [0.29, 0.717) is 25.0 Å². The van der Waals surface area contributed by atoms with Gasteiger partial charge in [0.05, 0.1) is 0 Å². The van der Waals surface area contributed by atoms with Crippen molar-refractivity contribution in [2.75, 3.05) is 31.6 Å². The molecule has 0 amide bonds. The summed E-state index contributed by atoms with van der Waals surface area (Å²) >= 11 is 1.68. The molecule has 1 atom stereocenters. The highest BCUT2D eigenvalue weighted by Gasteiger charge is 2.29. The van der Waals surface area contributed by atoms with Crippen molar-refractivity contribution in [3.63, 3.8) is 0 Å². The number of thioether (sulfide) groups is 1. The van der Waals surface area contributed by atoms with Crippen molar-refractivity contribution in [3.05, 3.63) is 0 Å². The summed E-state index contributed by atoms with van der Waals surface area (Å²) in [5, 5.41) is 3.44. The first kappa shape index (κ1) is 19.2. The van der Waals surface area contributed by atoms with Gasteiger partial charge in [0.15, 0.2) is 0 Å². The third kappa shape index (κ3) is 6.86. The lowest BCUT2D eigenvalue weighted by molar-refractivity contribution is 0.260. The highest BCUT2D eigenvalue weighted by atomic mass is 32.2. The second-order valence-electron chi connectivity index (χ2n) is 6.09. The van der Waals surface area contributed by atoms with Crippen LogP contribution in [0, 0.1) is 5.92 Å². The number of hydrogen-bond acceptors (Lipinski definition) is 4. The molecule has 21 heavy (non-hydrogen) atoms. The van der Waals surface area contributed by atoms with Gasteiger partial charge in [-0.25, -0.2) is 0 Å². The van der Waals surface area contributed by atoms with Crippen molar-refractivity contribution in [2.45, 2.75) is 52.1 Å². The summed E-state index contributed by atoms with van der Waals surface area (Å²) in [6.45, 7) is 8.56. The molecule has 0 aromatic carbocycles. The Labute approximate surface area is 134 Å². The van der Waals surface area contributed by atoms with E-state index in [9.17, 15) is 8.42 Å². The molecule has 1 aliphatic heterocycles. The predicted octanol–water partition coefficient (Wildman–Crippen LogP) is 1.67. The number of rotatable bonds is 9. The van der Waals surface area contributed by atoms with Crippen LogP contribution in [-0.4, -0.2) is 56.4 Å². The maximum atomic E-state index is 12.4. The van der Waals surface area contributed by atoms with E-state index in [1.165, 1.54) is 0 Å². The van der Waals surface area contributed by atoms with Crippen LogP contribution in [0.25, 0.3) is 0 Å². The third-order valence-electron chi connectivity index (χ3n) is 3.90. The molecule has 1 rings (SSSR count). The summed E-state index contributed by atoms with van der Waals surface area (Å²) in [4.78, 5) is 0. The van der Waals surface area contributed by atoms with Gasteiger partial charge in [-0.05, 0) is 38.0 Å². The number of piperidine rings is 1. The Morgan fingerprint density at radius 1 is 1.29 bits per heavy atom. The lowest BCUT2D eigenvalue weighted by Gasteiger charge is -2.32. The van der Waals surface area contributed by atoms with Crippen molar-refractivity contribution in [2.24, 2.45) is 5.92 Å². The lowest BCUT2D eigenvalue weighted by atomic mass is 9.98. The topological polar surface area (TPSA) is 61.4 Å². The minimum atomic E-state index is -3.32. The Morgan fingerprint density at radius 2 is 1.90 bits per heavy atom. The van der Waals surface area contributed by atoms with Crippen molar-refractivity contribution in [3.8, 4) is 0 Å². The van der Waals surface area contributed by atoms with Gasteiger partial charge in [-0.2, -0.15) is 29.2 Å². The van der Waals surface area contributed by atoms with E-state index < -0.39 is 10.2 Å². The summed E-state index contributed by atoms with van der Waals surface area (Å²) in [7, 11) is -3.32. The van der Waals surface area contributed by atoms with Crippen LogP contribution in [0.1, 0.15) is 40.0 Å². The number of nitrogens with one attached hydrogen (secondary N) is 2. The minimum absolute atomic E-state index is 0.0327. The van der Waals surface area contributed by atoms with Crippen LogP contribution in [0.4, 0.5) is 0 Å². The lowest BCUT2D eigenvalue weighted by Crippen LogP contribution is -2.49. The van der Waals surface area contributed by atoms with Crippen LogP contribution >= 0.6 is 11.8 Å². The summed E-state index contributed by atoms with van der Waals surface area (Å²) < 4.78 is 29.2. The summed E-state index contributed by atoms with van der Waals surface area (Å²) in [6.07, 6.45) is 4.72. The SMILES string of the molecule is CCC(CSC)NS(=O)(=O)N1CCC(CNC(C)C)CC1. The second-order valence-corrected chi connectivity index (χ2v) is 8.70. The van der Waals surface area contributed by atoms with E-state index in [1.807, 2.05) is 13.2 Å². The maximum Gasteiger partial charge on any atom is 0.279 e. The van der Waals surface area contributed by atoms with Gasteiger partial charge in [0.1, 0.15) is 0 Å². The smallest absolute Gasteiger partial charge is 0.279 e. The molecule has 126 valence electrons. The Kier molecular flexibility index (Phi) is 8.56. The Bertz CT molecular complexity index is 380. The van der Waals surface area contributed by atoms with Crippen LogP contribution in [0.15, 0.2) is 0 Å². The van der Waals surface area contributed by atoms with Crippen LogP contribution in [0.2, 0.25) is 0 Å². The van der Waals surface area contributed by atoms with Crippen molar-refractivity contribution in [1.82, 2.24) is 14.3 Å². The van der Waals surface area contributed by atoms with E-state index in [1.54, 1.807) is 16.1 Å². The largest absolute Gasteiger partial charge is 0.314 e.